The molecule has 0 saturated carbocycles. The van der Waals surface area contributed by atoms with Crippen LogP contribution in [0, 0.1) is 0 Å². The highest BCUT2D eigenvalue weighted by atomic mass is 32.3. The predicted octanol–water partition coefficient (Wildman–Crippen LogP) is 7.19. The van der Waals surface area contributed by atoms with E-state index in [4.69, 9.17) is 4.74 Å². The summed E-state index contributed by atoms with van der Waals surface area (Å²) in [6, 6.07) is 28.5. The van der Waals surface area contributed by atoms with E-state index in [1.54, 1.807) is 7.11 Å². The monoisotopic (exact) mass is 515 g/mol. The minimum Gasteiger partial charge on any atom is -0.497 e. The van der Waals surface area contributed by atoms with Crippen molar-refractivity contribution in [2.45, 2.75) is 33.6 Å². The topological polar surface area (TPSA) is 32.7 Å². The minimum atomic E-state index is -1.46. The number of methoxy groups -OCH3 is 1. The normalized spacial score (nSPS) is 22.2. The van der Waals surface area contributed by atoms with E-state index in [1.807, 2.05) is 11.3 Å². The molecule has 4 aromatic rings. The van der Waals surface area contributed by atoms with Gasteiger partial charge >= 0.3 is 0 Å². The maximum absolute atomic E-state index is 10.7. The molecule has 0 aliphatic carbocycles. The summed E-state index contributed by atoms with van der Waals surface area (Å²) >= 11 is 1.94. The molecule has 1 atom stereocenters. The van der Waals surface area contributed by atoms with Gasteiger partial charge in [-0.1, -0.05) is 48.5 Å². The molecule has 1 saturated heterocycles. The summed E-state index contributed by atoms with van der Waals surface area (Å²) in [6.45, 7) is 3.45. The zero-order chi connectivity index (χ0) is 24.5. The molecule has 3 aromatic carbocycles. The first-order valence-corrected chi connectivity index (χ1v) is 15.3. The first kappa shape index (κ1) is 23.8. The Morgan fingerprint density at radius 1 is 0.972 bits per heavy atom. The lowest BCUT2D eigenvalue weighted by Crippen LogP contribution is -2.39. The van der Waals surface area contributed by atoms with Crippen LogP contribution in [0.4, 0.5) is 0 Å². The van der Waals surface area contributed by atoms with E-state index in [0.717, 1.165) is 44.6 Å². The van der Waals surface area contributed by atoms with Crippen molar-refractivity contribution in [2.24, 2.45) is 0 Å². The Morgan fingerprint density at radius 2 is 1.72 bits per heavy atom. The van der Waals surface area contributed by atoms with Crippen LogP contribution in [-0.4, -0.2) is 48.6 Å². The van der Waals surface area contributed by atoms with Crippen LogP contribution in [0.25, 0.3) is 16.2 Å². The van der Waals surface area contributed by atoms with E-state index >= 15 is 0 Å². The van der Waals surface area contributed by atoms with Gasteiger partial charge in [-0.3, -0.25) is 0 Å². The van der Waals surface area contributed by atoms with Crippen molar-refractivity contribution < 1.29 is 9.84 Å². The fourth-order valence-corrected chi connectivity index (χ4v) is 12.9. The second kappa shape index (κ2) is 10.1. The van der Waals surface area contributed by atoms with Gasteiger partial charge in [0.05, 0.1) is 17.9 Å². The molecule has 3 nitrogen and oxygen atoms in total. The SMILES string of the molecule is COc1ccc(CCN2CCC(S3(c4cc5ccccc5s4)C(CO)=Cc4ccccc43)CC2)cc1. The smallest absolute Gasteiger partial charge is 0.118 e. The van der Waals surface area contributed by atoms with Crippen molar-refractivity contribution in [2.75, 3.05) is 33.4 Å². The van der Waals surface area contributed by atoms with Crippen LogP contribution < -0.4 is 4.74 Å². The second-order valence-corrected chi connectivity index (χ2v) is 14.4. The second-order valence-electron chi connectivity index (χ2n) is 9.71. The number of thiophene rings is 1. The lowest BCUT2D eigenvalue weighted by Gasteiger charge is -2.48. The Bertz CT molecular complexity index is 1350. The van der Waals surface area contributed by atoms with Gasteiger partial charge in [0, 0.05) is 26.3 Å². The molecule has 0 radical (unpaired) electrons. The molecule has 0 amide bonds. The van der Waals surface area contributed by atoms with Crippen LogP contribution >= 0.6 is 21.4 Å². The largest absolute Gasteiger partial charge is 0.497 e. The van der Waals surface area contributed by atoms with Gasteiger partial charge in [0.2, 0.25) is 0 Å². The van der Waals surface area contributed by atoms with Crippen molar-refractivity contribution in [1.29, 1.82) is 0 Å². The summed E-state index contributed by atoms with van der Waals surface area (Å²) in [5, 5.41) is 12.5. The van der Waals surface area contributed by atoms with E-state index in [1.165, 1.54) is 35.2 Å². The van der Waals surface area contributed by atoms with Crippen LogP contribution in [0.5, 0.6) is 5.75 Å². The summed E-state index contributed by atoms with van der Waals surface area (Å²) in [4.78, 5) is 5.33. The summed E-state index contributed by atoms with van der Waals surface area (Å²) in [6.07, 6.45) is 5.69. The van der Waals surface area contributed by atoms with Crippen molar-refractivity contribution in [3.8, 4) is 5.75 Å². The highest BCUT2D eigenvalue weighted by molar-refractivity contribution is 8.38. The average molecular weight is 516 g/mol. The Hall–Kier alpha value is -2.57. The number of hydrogen-bond donors (Lipinski definition) is 1. The Labute approximate surface area is 219 Å². The van der Waals surface area contributed by atoms with E-state index < -0.39 is 10.0 Å². The Kier molecular flexibility index (Phi) is 6.65. The Balaban J connectivity index is 1.28. The number of piperidine rings is 1. The molecule has 36 heavy (non-hydrogen) atoms. The molecule has 0 bridgehead atoms. The van der Waals surface area contributed by atoms with Gasteiger partial charge in [-0.05, 0) is 85.3 Å². The van der Waals surface area contributed by atoms with Gasteiger partial charge in [0.15, 0.2) is 0 Å². The van der Waals surface area contributed by atoms with Crippen molar-refractivity contribution >= 4 is 37.5 Å². The number of rotatable bonds is 7. The quantitative estimate of drug-likeness (QED) is 0.283. The number of nitrogens with zero attached hydrogens (tertiary/aromatic N) is 1. The summed E-state index contributed by atoms with van der Waals surface area (Å²) in [7, 11) is 0.252. The zero-order valence-electron chi connectivity index (χ0n) is 20.7. The van der Waals surface area contributed by atoms with E-state index in [9.17, 15) is 5.11 Å². The maximum Gasteiger partial charge on any atom is 0.118 e. The number of ether oxygens (including phenoxy) is 1. The molecule has 2 aliphatic rings. The van der Waals surface area contributed by atoms with Gasteiger partial charge in [-0.25, -0.2) is 0 Å². The predicted molar refractivity (Wildman–Crippen MR) is 154 cm³/mol. The first-order chi connectivity index (χ1) is 17.7. The molecule has 5 heteroatoms. The maximum atomic E-state index is 10.7. The minimum absolute atomic E-state index is 0.135. The lowest BCUT2D eigenvalue weighted by atomic mass is 10.1. The molecule has 1 unspecified atom stereocenters. The molecule has 1 N–H and O–H groups in total. The fourth-order valence-electron chi connectivity index (χ4n) is 5.93. The molecule has 0 spiro atoms. The molecule has 1 aromatic heterocycles. The molecular weight excluding hydrogens is 482 g/mol. The first-order valence-electron chi connectivity index (χ1n) is 12.8. The van der Waals surface area contributed by atoms with Crippen LogP contribution in [-0.2, 0) is 6.42 Å². The van der Waals surface area contributed by atoms with Gasteiger partial charge in [0.25, 0.3) is 0 Å². The standard InChI is InChI=1S/C31H33NO2S2/c1-34-26-12-10-23(11-13-26)14-17-32-18-15-27(16-19-32)36(31-21-24-6-2-4-8-29(24)35-31)28(22-33)20-25-7-3-5-9-30(25)36/h2-13,20-21,27,33H,14-19,22H2,1H3. The average Bonchev–Trinajstić information content (AvgIpc) is 3.52. The van der Waals surface area contributed by atoms with Crippen molar-refractivity contribution in [3.05, 3.63) is 94.9 Å². The van der Waals surface area contributed by atoms with Crippen LogP contribution in [0.15, 0.2) is 92.9 Å². The van der Waals surface area contributed by atoms with Gasteiger partial charge in [-0.2, -0.15) is 0 Å². The van der Waals surface area contributed by atoms with Gasteiger partial charge in [-0.15, -0.1) is 21.4 Å². The summed E-state index contributed by atoms with van der Waals surface area (Å²) in [5.41, 5.74) is 2.66. The molecule has 3 heterocycles. The molecule has 1 fully saturated rings. The third kappa shape index (κ3) is 4.08. The zero-order valence-corrected chi connectivity index (χ0v) is 22.4. The van der Waals surface area contributed by atoms with E-state index in [-0.39, 0.29) is 6.61 Å². The fraction of sp³-hybridized carbons (Fsp3) is 0.290. The molecule has 6 rings (SSSR count). The highest BCUT2D eigenvalue weighted by Gasteiger charge is 2.46. The van der Waals surface area contributed by atoms with Gasteiger partial charge in [0.1, 0.15) is 5.75 Å². The van der Waals surface area contributed by atoms with Crippen LogP contribution in [0.1, 0.15) is 24.0 Å². The van der Waals surface area contributed by atoms with Crippen LogP contribution in [0.2, 0.25) is 0 Å². The summed E-state index contributed by atoms with van der Waals surface area (Å²) in [5.74, 6) is 0.915. The number of fused-ring (bicyclic) bond motifs is 2. The number of benzene rings is 3. The van der Waals surface area contributed by atoms with E-state index in [0.29, 0.717) is 5.25 Å². The van der Waals surface area contributed by atoms with Crippen molar-refractivity contribution in [3.63, 3.8) is 0 Å². The summed E-state index contributed by atoms with van der Waals surface area (Å²) < 4.78 is 8.11. The van der Waals surface area contributed by atoms with Gasteiger partial charge < -0.3 is 14.7 Å². The number of hydrogen-bond acceptors (Lipinski definition) is 4. The molecule has 2 aliphatic heterocycles. The third-order valence-corrected chi connectivity index (χ3v) is 14.1. The van der Waals surface area contributed by atoms with Crippen molar-refractivity contribution in [1.82, 2.24) is 4.90 Å². The number of aliphatic hydroxyl groups excluding tert-OH is 1. The molecular formula is C31H33NO2S2. The van der Waals surface area contributed by atoms with Crippen LogP contribution in [0.3, 0.4) is 0 Å². The lowest BCUT2D eigenvalue weighted by molar-refractivity contribution is 0.234. The molecule has 186 valence electrons. The third-order valence-electron chi connectivity index (χ3n) is 7.78. The number of aliphatic hydroxyl groups is 1. The number of likely N-dealkylation sites (tertiary alicyclic amines) is 1. The highest BCUT2D eigenvalue weighted by Crippen LogP contribution is 2.77. The van der Waals surface area contributed by atoms with E-state index in [2.05, 4.69) is 89.8 Å². The Morgan fingerprint density at radius 3 is 2.47 bits per heavy atom.